The lowest BCUT2D eigenvalue weighted by molar-refractivity contribution is 0.0730. The minimum Gasteiger partial charge on any atom is -0.379 e. The molecule has 1 heterocycles. The molecule has 0 unspecified atom stereocenters. The Balaban J connectivity index is 2.01. The third-order valence-electron chi connectivity index (χ3n) is 5.80. The van der Waals surface area contributed by atoms with Gasteiger partial charge in [-0.05, 0) is 50.2 Å². The van der Waals surface area contributed by atoms with Gasteiger partial charge in [0, 0.05) is 45.8 Å². The summed E-state index contributed by atoms with van der Waals surface area (Å²) in [5.41, 5.74) is 1.13. The Morgan fingerprint density at radius 2 is 1.63 bits per heavy atom. The number of anilines is 2. The van der Waals surface area contributed by atoms with Crippen LogP contribution < -0.4 is 10.2 Å². The van der Waals surface area contributed by atoms with Gasteiger partial charge >= 0.3 is 0 Å². The second kappa shape index (κ2) is 11.0. The van der Waals surface area contributed by atoms with E-state index in [1.54, 1.807) is 12.1 Å². The van der Waals surface area contributed by atoms with Crippen molar-refractivity contribution in [3.05, 3.63) is 48.0 Å². The zero-order valence-electron chi connectivity index (χ0n) is 20.4. The molecule has 1 saturated heterocycles. The van der Waals surface area contributed by atoms with Gasteiger partial charge in [-0.2, -0.15) is 4.31 Å². The highest BCUT2D eigenvalue weighted by Gasteiger charge is 2.28. The lowest BCUT2D eigenvalue weighted by atomic mass is 10.2. The van der Waals surface area contributed by atoms with Crippen LogP contribution in [0.2, 0.25) is 0 Å². The smallest absolute Gasteiger partial charge is 0.255 e. The van der Waals surface area contributed by atoms with Crippen LogP contribution in [0.25, 0.3) is 0 Å². The van der Waals surface area contributed by atoms with Crippen molar-refractivity contribution in [3.63, 3.8) is 0 Å². The topological polar surface area (TPSA) is 116 Å². The average molecular weight is 525 g/mol. The molecule has 2 aromatic rings. The van der Waals surface area contributed by atoms with E-state index in [1.807, 2.05) is 18.7 Å². The second-order valence-electron chi connectivity index (χ2n) is 8.14. The van der Waals surface area contributed by atoms with Crippen LogP contribution in [-0.4, -0.2) is 84.8 Å². The van der Waals surface area contributed by atoms with Crippen molar-refractivity contribution < 1.29 is 26.4 Å². The van der Waals surface area contributed by atoms with E-state index >= 15 is 0 Å². The van der Waals surface area contributed by atoms with E-state index in [9.17, 15) is 21.6 Å². The van der Waals surface area contributed by atoms with Crippen molar-refractivity contribution in [1.82, 2.24) is 8.61 Å². The van der Waals surface area contributed by atoms with Gasteiger partial charge in [-0.1, -0.05) is 6.07 Å². The number of carbonyl (C=O) groups excluding carboxylic acids is 1. The van der Waals surface area contributed by atoms with Crippen LogP contribution in [0.4, 0.5) is 11.4 Å². The highest BCUT2D eigenvalue weighted by Crippen LogP contribution is 2.31. The van der Waals surface area contributed by atoms with Gasteiger partial charge < -0.3 is 15.0 Å². The van der Waals surface area contributed by atoms with E-state index in [2.05, 4.69) is 5.32 Å². The van der Waals surface area contributed by atoms with Crippen LogP contribution in [0.1, 0.15) is 24.2 Å². The van der Waals surface area contributed by atoms with Crippen molar-refractivity contribution in [2.75, 3.05) is 63.7 Å². The van der Waals surface area contributed by atoms with Crippen LogP contribution in [0.5, 0.6) is 0 Å². The normalized spacial score (nSPS) is 15.2. The molecule has 2 aromatic carbocycles. The molecule has 0 saturated carbocycles. The molecule has 1 amide bonds. The Hall–Kier alpha value is -2.51. The van der Waals surface area contributed by atoms with Crippen LogP contribution in [0.15, 0.2) is 52.3 Å². The molecule has 192 valence electrons. The fourth-order valence-electron chi connectivity index (χ4n) is 3.75. The number of rotatable bonds is 9. The standard InChI is InChI=1S/C23H32N4O6S2/c1-5-26(6-2)22-11-10-20(35(31,32)27-12-14-33-15-13-27)17-21(22)24-23(28)18-8-7-9-19(16-18)34(29,30)25(3)4/h7-11,16-17H,5-6,12-15H2,1-4H3,(H,24,28). The number of sulfonamides is 2. The first-order valence-corrected chi connectivity index (χ1v) is 14.2. The number of nitrogens with one attached hydrogen (secondary N) is 1. The van der Waals surface area contributed by atoms with Crippen LogP contribution in [0.3, 0.4) is 0 Å². The summed E-state index contributed by atoms with van der Waals surface area (Å²) in [6.45, 7) is 6.38. The summed E-state index contributed by atoms with van der Waals surface area (Å²) in [6, 6.07) is 10.4. The van der Waals surface area contributed by atoms with Gasteiger partial charge in [0.25, 0.3) is 5.91 Å². The van der Waals surface area contributed by atoms with Crippen molar-refractivity contribution >= 4 is 37.3 Å². The number of hydrogen-bond acceptors (Lipinski definition) is 7. The predicted molar refractivity (Wildman–Crippen MR) is 135 cm³/mol. The van der Waals surface area contributed by atoms with E-state index in [-0.39, 0.29) is 28.4 Å². The second-order valence-corrected chi connectivity index (χ2v) is 12.2. The summed E-state index contributed by atoms with van der Waals surface area (Å²) in [6.07, 6.45) is 0. The maximum absolute atomic E-state index is 13.2. The first-order valence-electron chi connectivity index (χ1n) is 11.3. The Morgan fingerprint density at radius 3 is 2.23 bits per heavy atom. The maximum Gasteiger partial charge on any atom is 0.255 e. The summed E-state index contributed by atoms with van der Waals surface area (Å²) in [4.78, 5) is 15.2. The SMILES string of the molecule is CCN(CC)c1ccc(S(=O)(=O)N2CCOCC2)cc1NC(=O)c1cccc(S(=O)(=O)N(C)C)c1. The Kier molecular flexibility index (Phi) is 8.54. The summed E-state index contributed by atoms with van der Waals surface area (Å²) in [5, 5.41) is 2.80. The molecule has 10 nitrogen and oxygen atoms in total. The summed E-state index contributed by atoms with van der Waals surface area (Å²) < 4.78 is 59.1. The average Bonchev–Trinajstić information content (AvgIpc) is 2.86. The van der Waals surface area contributed by atoms with Crippen LogP contribution >= 0.6 is 0 Å². The molecule has 12 heteroatoms. The fraction of sp³-hybridized carbons (Fsp3) is 0.435. The van der Waals surface area contributed by atoms with E-state index in [0.717, 1.165) is 4.31 Å². The number of morpholine rings is 1. The molecule has 1 N–H and O–H groups in total. The highest BCUT2D eigenvalue weighted by molar-refractivity contribution is 7.89. The first kappa shape index (κ1) is 27.1. The van der Waals surface area contributed by atoms with E-state index in [0.29, 0.717) is 37.7 Å². The molecule has 0 atom stereocenters. The zero-order valence-corrected chi connectivity index (χ0v) is 22.0. The van der Waals surface area contributed by atoms with Gasteiger partial charge in [0.05, 0.1) is 34.4 Å². The van der Waals surface area contributed by atoms with Crippen molar-refractivity contribution in [2.24, 2.45) is 0 Å². The van der Waals surface area contributed by atoms with E-state index in [1.165, 1.54) is 48.7 Å². The Morgan fingerprint density at radius 1 is 0.971 bits per heavy atom. The molecule has 0 radical (unpaired) electrons. The molecule has 0 aliphatic carbocycles. The van der Waals surface area contributed by atoms with Gasteiger partial charge in [0.15, 0.2) is 0 Å². The molecular formula is C23H32N4O6S2. The van der Waals surface area contributed by atoms with Crippen molar-refractivity contribution in [3.8, 4) is 0 Å². The lowest BCUT2D eigenvalue weighted by Gasteiger charge is -2.28. The molecule has 3 rings (SSSR count). The fourth-order valence-corrected chi connectivity index (χ4v) is 6.14. The van der Waals surface area contributed by atoms with Gasteiger partial charge in [0.1, 0.15) is 0 Å². The number of carbonyl (C=O) groups is 1. The molecule has 0 spiro atoms. The monoisotopic (exact) mass is 524 g/mol. The largest absolute Gasteiger partial charge is 0.379 e. The summed E-state index contributed by atoms with van der Waals surface area (Å²) >= 11 is 0. The number of nitrogens with zero attached hydrogens (tertiary/aromatic N) is 3. The quantitative estimate of drug-likeness (QED) is 0.534. The van der Waals surface area contributed by atoms with Crippen molar-refractivity contribution in [2.45, 2.75) is 23.6 Å². The molecular weight excluding hydrogens is 492 g/mol. The first-order chi connectivity index (χ1) is 16.5. The minimum absolute atomic E-state index is 0.0113. The van der Waals surface area contributed by atoms with Gasteiger partial charge in [0.2, 0.25) is 20.0 Å². The number of ether oxygens (including phenoxy) is 1. The lowest BCUT2D eigenvalue weighted by Crippen LogP contribution is -2.40. The molecule has 1 aliphatic rings. The van der Waals surface area contributed by atoms with Crippen molar-refractivity contribution in [1.29, 1.82) is 0 Å². The van der Waals surface area contributed by atoms with Gasteiger partial charge in [-0.25, -0.2) is 21.1 Å². The molecule has 35 heavy (non-hydrogen) atoms. The Bertz CT molecular complexity index is 1270. The molecule has 0 aromatic heterocycles. The minimum atomic E-state index is -3.78. The van der Waals surface area contributed by atoms with E-state index in [4.69, 9.17) is 4.74 Å². The number of amides is 1. The molecule has 0 bridgehead atoms. The third kappa shape index (κ3) is 5.84. The van der Waals surface area contributed by atoms with Crippen LogP contribution in [-0.2, 0) is 24.8 Å². The summed E-state index contributed by atoms with van der Waals surface area (Å²) in [5.74, 6) is -0.546. The predicted octanol–water partition coefficient (Wildman–Crippen LogP) is 2.06. The van der Waals surface area contributed by atoms with Gasteiger partial charge in [-0.15, -0.1) is 0 Å². The highest BCUT2D eigenvalue weighted by atomic mass is 32.2. The van der Waals surface area contributed by atoms with E-state index < -0.39 is 26.0 Å². The number of benzene rings is 2. The molecule has 1 aliphatic heterocycles. The zero-order chi connectivity index (χ0) is 25.8. The van der Waals surface area contributed by atoms with Gasteiger partial charge in [-0.3, -0.25) is 4.79 Å². The van der Waals surface area contributed by atoms with Crippen LogP contribution in [0, 0.1) is 0 Å². The molecule has 1 fully saturated rings. The summed E-state index contributed by atoms with van der Waals surface area (Å²) in [7, 11) is -4.67. The maximum atomic E-state index is 13.2. The Labute approximate surface area is 207 Å². The number of hydrogen-bond donors (Lipinski definition) is 1. The third-order valence-corrected chi connectivity index (χ3v) is 9.51.